The Kier molecular flexibility index (Phi) is 7.58. The molecule has 2 aromatic rings. The van der Waals surface area contributed by atoms with Gasteiger partial charge in [-0.25, -0.2) is 28.1 Å². The molecule has 1 saturated heterocycles. The monoisotopic (exact) mass is 561 g/mol. The third-order valence-electron chi connectivity index (χ3n) is 4.47. The highest BCUT2D eigenvalue weighted by atomic mass is 31.3. The number of halogens is 1. The highest BCUT2D eigenvalue weighted by Gasteiger charge is 2.60. The first-order chi connectivity index (χ1) is 16.0. The number of hydrogen-bond acceptors (Lipinski definition) is 12. The maximum atomic E-state index is 16.0. The fraction of sp³-hybridized carbons (Fsp3) is 0.500. The lowest BCUT2D eigenvalue weighted by atomic mass is 9.94. The molecule has 3 heterocycles. The Morgan fingerprint density at radius 2 is 1.89 bits per heavy atom. The van der Waals surface area contributed by atoms with Crippen molar-refractivity contribution in [3.63, 3.8) is 0 Å². The van der Waals surface area contributed by atoms with Crippen LogP contribution in [0.2, 0.25) is 0 Å². The van der Waals surface area contributed by atoms with Gasteiger partial charge in [0.15, 0.2) is 11.9 Å². The Balaban J connectivity index is 1.89. The lowest BCUT2D eigenvalue weighted by Gasteiger charge is -2.25. The van der Waals surface area contributed by atoms with Crippen LogP contribution < -0.4 is 5.73 Å². The Hall–Kier alpha value is -1.83. The van der Waals surface area contributed by atoms with Crippen LogP contribution >= 0.6 is 23.5 Å². The number of aromatic nitrogens is 4. The van der Waals surface area contributed by atoms with Gasteiger partial charge in [0.1, 0.15) is 17.7 Å². The predicted molar refractivity (Wildman–Crippen MR) is 111 cm³/mol. The molecule has 3 rings (SSSR count). The van der Waals surface area contributed by atoms with E-state index in [1.165, 1.54) is 13.1 Å². The SMILES string of the molecule is CC#CC1(F)[C@@H](O)[C@@H]([C@@H](C)OP(=O)(O)OP(=O)(O)OP(=O)(O)O)O[C@H]1n1cnc2cnc(N)nc21. The summed E-state index contributed by atoms with van der Waals surface area (Å²) in [6, 6.07) is 0. The van der Waals surface area contributed by atoms with Crippen LogP contribution in [0.1, 0.15) is 20.1 Å². The number of phosphoric acid groups is 3. The third kappa shape index (κ3) is 6.12. The van der Waals surface area contributed by atoms with E-state index in [1.54, 1.807) is 0 Å². The van der Waals surface area contributed by atoms with E-state index in [9.17, 15) is 28.6 Å². The molecule has 3 unspecified atom stereocenters. The van der Waals surface area contributed by atoms with Crippen molar-refractivity contribution in [1.29, 1.82) is 0 Å². The molecule has 17 nitrogen and oxygen atoms in total. The van der Waals surface area contributed by atoms with E-state index in [0.717, 1.165) is 17.8 Å². The Morgan fingerprint density at radius 3 is 2.49 bits per heavy atom. The molecule has 7 atom stereocenters. The van der Waals surface area contributed by atoms with Crippen LogP contribution in [0, 0.1) is 11.8 Å². The van der Waals surface area contributed by atoms with Gasteiger partial charge in [0.05, 0.1) is 18.6 Å². The largest absolute Gasteiger partial charge is 0.490 e. The molecule has 21 heteroatoms. The summed E-state index contributed by atoms with van der Waals surface area (Å²) in [6.45, 7) is 2.29. The van der Waals surface area contributed by atoms with Crippen molar-refractivity contribution in [2.75, 3.05) is 5.73 Å². The van der Waals surface area contributed by atoms with Crippen molar-refractivity contribution >= 4 is 40.6 Å². The van der Waals surface area contributed by atoms with Crippen molar-refractivity contribution in [3.05, 3.63) is 12.5 Å². The number of hydrogen-bond donors (Lipinski definition) is 6. The van der Waals surface area contributed by atoms with Crippen LogP contribution in [0.3, 0.4) is 0 Å². The number of aliphatic hydroxyl groups excluding tert-OH is 1. The standard InChI is InChI=1S/C14H19FN5O12P3/c1-3-4-14(15)10(21)9(7(2)30-34(25,26)32-35(27,28)31-33(22,23)24)29-12(14)20-6-18-8-5-17-13(16)19-11(8)20/h5-7,9-10,12,21H,1-2H3,(H,25,26)(H,27,28)(H2,16,17,19)(H2,22,23,24)/t7-,9-,10+,12-,14?/m1/s1. The molecule has 0 bridgehead atoms. The van der Waals surface area contributed by atoms with Gasteiger partial charge in [0.2, 0.25) is 11.6 Å². The zero-order chi connectivity index (χ0) is 26.4. The van der Waals surface area contributed by atoms with E-state index in [-0.39, 0.29) is 17.1 Å². The predicted octanol–water partition coefficient (Wildman–Crippen LogP) is 0.130. The Labute approximate surface area is 195 Å². The van der Waals surface area contributed by atoms with E-state index in [0.29, 0.717) is 0 Å². The summed E-state index contributed by atoms with van der Waals surface area (Å²) in [5.41, 5.74) is 2.92. The van der Waals surface area contributed by atoms with Gasteiger partial charge in [0, 0.05) is 0 Å². The summed E-state index contributed by atoms with van der Waals surface area (Å²) in [4.78, 5) is 47.9. The van der Waals surface area contributed by atoms with E-state index in [2.05, 4.69) is 39.9 Å². The maximum Gasteiger partial charge on any atom is 0.490 e. The second kappa shape index (κ2) is 9.56. The van der Waals surface area contributed by atoms with E-state index in [1.807, 2.05) is 0 Å². The van der Waals surface area contributed by atoms with Crippen LogP contribution in [0.25, 0.3) is 11.2 Å². The summed E-state index contributed by atoms with van der Waals surface area (Å²) < 4.78 is 68.9. The number of anilines is 1. The highest BCUT2D eigenvalue weighted by Crippen LogP contribution is 2.66. The van der Waals surface area contributed by atoms with Gasteiger partial charge in [-0.3, -0.25) is 9.09 Å². The van der Waals surface area contributed by atoms with Gasteiger partial charge in [-0.05, 0) is 13.8 Å². The first-order valence-electron chi connectivity index (χ1n) is 9.21. The van der Waals surface area contributed by atoms with Gasteiger partial charge < -0.3 is 35.2 Å². The van der Waals surface area contributed by atoms with Crippen molar-refractivity contribution in [2.45, 2.75) is 44.1 Å². The van der Waals surface area contributed by atoms with E-state index in [4.69, 9.17) is 20.3 Å². The average molecular weight is 561 g/mol. The normalized spacial score (nSPS) is 29.2. The second-order valence-corrected chi connectivity index (χ2v) is 11.4. The van der Waals surface area contributed by atoms with Gasteiger partial charge >= 0.3 is 23.5 Å². The maximum absolute atomic E-state index is 16.0. The van der Waals surface area contributed by atoms with Crippen molar-refractivity contribution in [1.82, 2.24) is 19.5 Å². The van der Waals surface area contributed by atoms with E-state index >= 15 is 4.39 Å². The van der Waals surface area contributed by atoms with Gasteiger partial charge in [-0.1, -0.05) is 5.92 Å². The lowest BCUT2D eigenvalue weighted by Crippen LogP contribution is -2.44. The summed E-state index contributed by atoms with van der Waals surface area (Å²) in [7, 11) is -17.0. The number of nitrogens with two attached hydrogens (primary N) is 1. The van der Waals surface area contributed by atoms with Gasteiger partial charge in [-0.15, -0.1) is 5.92 Å². The minimum atomic E-state index is -5.80. The van der Waals surface area contributed by atoms with Crippen molar-refractivity contribution < 1.29 is 60.6 Å². The van der Waals surface area contributed by atoms with Crippen LogP contribution in [-0.2, 0) is 31.6 Å². The van der Waals surface area contributed by atoms with Crippen LogP contribution in [0.5, 0.6) is 0 Å². The topological polar surface area (TPSA) is 259 Å². The third-order valence-corrected chi connectivity index (χ3v) is 8.39. The molecule has 0 aliphatic carbocycles. The molecule has 1 fully saturated rings. The number of phosphoric ester groups is 1. The van der Waals surface area contributed by atoms with Crippen LogP contribution in [-0.4, -0.2) is 68.2 Å². The molecule has 35 heavy (non-hydrogen) atoms. The van der Waals surface area contributed by atoms with Gasteiger partial charge in [0.25, 0.3) is 0 Å². The number of rotatable bonds is 8. The first kappa shape index (κ1) is 27.8. The molecule has 0 spiro atoms. The molecule has 0 saturated carbocycles. The zero-order valence-corrected chi connectivity index (χ0v) is 20.3. The molecular formula is C14H19FN5O12P3. The lowest BCUT2D eigenvalue weighted by molar-refractivity contribution is -0.0754. The summed E-state index contributed by atoms with van der Waals surface area (Å²) in [5, 5.41) is 10.7. The summed E-state index contributed by atoms with van der Waals surface area (Å²) in [5.74, 6) is 4.30. The number of imidazole rings is 1. The first-order valence-corrected chi connectivity index (χ1v) is 13.7. The smallest absolute Gasteiger partial charge is 0.386 e. The summed E-state index contributed by atoms with van der Waals surface area (Å²) in [6.07, 6.45) is -4.98. The molecule has 0 aromatic carbocycles. The highest BCUT2D eigenvalue weighted by molar-refractivity contribution is 7.66. The number of aliphatic hydroxyl groups is 1. The van der Waals surface area contributed by atoms with Crippen molar-refractivity contribution in [3.8, 4) is 11.8 Å². The van der Waals surface area contributed by atoms with Crippen LogP contribution in [0.15, 0.2) is 12.5 Å². The second-order valence-electron chi connectivity index (χ2n) is 7.03. The molecule has 1 aliphatic rings. The van der Waals surface area contributed by atoms with Crippen molar-refractivity contribution in [2.24, 2.45) is 0 Å². The molecule has 194 valence electrons. The number of nitrogen functional groups attached to an aromatic ring is 1. The quantitative estimate of drug-likeness (QED) is 0.185. The Bertz CT molecular complexity index is 1320. The Morgan fingerprint density at radius 1 is 1.23 bits per heavy atom. The number of nitrogens with zero attached hydrogens (tertiary/aromatic N) is 4. The number of fused-ring (bicyclic) bond motifs is 1. The minimum Gasteiger partial charge on any atom is -0.386 e. The fourth-order valence-corrected chi connectivity index (χ4v) is 6.45. The molecular weight excluding hydrogens is 542 g/mol. The average Bonchev–Trinajstić information content (AvgIpc) is 3.17. The van der Waals surface area contributed by atoms with E-state index < -0.39 is 53.7 Å². The summed E-state index contributed by atoms with van der Waals surface area (Å²) >= 11 is 0. The minimum absolute atomic E-state index is 0.0100. The number of ether oxygens (including phenoxy) is 1. The molecule has 0 amide bonds. The number of alkyl halides is 1. The molecule has 2 aromatic heterocycles. The molecule has 1 aliphatic heterocycles. The van der Waals surface area contributed by atoms with Crippen LogP contribution in [0.4, 0.5) is 10.3 Å². The zero-order valence-electron chi connectivity index (χ0n) is 17.6. The van der Waals surface area contributed by atoms with Gasteiger partial charge in [-0.2, -0.15) is 13.6 Å². The fourth-order valence-electron chi connectivity index (χ4n) is 3.25. The molecule has 7 N–H and O–H groups in total. The molecule has 0 radical (unpaired) electrons.